The lowest BCUT2D eigenvalue weighted by Gasteiger charge is -2.35. The van der Waals surface area contributed by atoms with Gasteiger partial charge in [0, 0.05) is 17.5 Å². The van der Waals surface area contributed by atoms with Gasteiger partial charge in [-0.05, 0) is 58.1 Å². The highest BCUT2D eigenvalue weighted by atomic mass is 16.3. The zero-order valence-corrected chi connectivity index (χ0v) is 26.4. The molecule has 0 spiro atoms. The number of aliphatic hydroxyl groups excluding tert-OH is 1. The first-order chi connectivity index (χ1) is 21.2. The first-order valence-electron chi connectivity index (χ1n) is 15.8. The number of nitrogens with one attached hydrogen (secondary N) is 2. The van der Waals surface area contributed by atoms with E-state index in [1.54, 1.807) is 18.2 Å². The number of para-hydroxylation sites is 1. The third-order valence-electron chi connectivity index (χ3n) is 8.69. The normalized spacial score (nSPS) is 20.2. The molecule has 7 N–H and O–H groups in total. The number of carbonyl (C=O) groups excluding carboxylic acids is 5. The van der Waals surface area contributed by atoms with Gasteiger partial charge in [0.05, 0.1) is 18.0 Å². The highest BCUT2D eigenvalue weighted by Gasteiger charge is 2.47. The summed E-state index contributed by atoms with van der Waals surface area (Å²) in [7, 11) is 0. The number of ketones is 1. The number of benzene rings is 1. The molecule has 1 saturated heterocycles. The summed E-state index contributed by atoms with van der Waals surface area (Å²) in [6.45, 7) is 5.81. The van der Waals surface area contributed by atoms with Crippen LogP contribution in [0.1, 0.15) is 89.0 Å². The predicted octanol–water partition coefficient (Wildman–Crippen LogP) is 1.71. The number of carbonyl (C=O) groups is 5. The molecule has 1 saturated carbocycles. The first kappa shape index (κ1) is 34.0. The van der Waals surface area contributed by atoms with Crippen LogP contribution in [0.2, 0.25) is 0 Å². The SMILES string of the molecule is CC(C)(C)NC(=O)[C@@H]1CCCN1C(=O)C(O)[C@H](CC1CCCCC1)NC(=O)[C@@](N)(CC(N)=O)C(=O)c1ccc2ccccc2n1. The summed E-state index contributed by atoms with van der Waals surface area (Å²) in [6.07, 6.45) is 3.47. The molecule has 1 aliphatic carbocycles. The minimum Gasteiger partial charge on any atom is -0.381 e. The Morgan fingerprint density at radius 3 is 2.36 bits per heavy atom. The maximum absolute atomic E-state index is 13.9. The van der Waals surface area contributed by atoms with Crippen LogP contribution in [-0.4, -0.2) is 80.2 Å². The van der Waals surface area contributed by atoms with E-state index >= 15 is 0 Å². The number of aliphatic hydroxyl groups is 1. The van der Waals surface area contributed by atoms with Gasteiger partial charge in [-0.2, -0.15) is 0 Å². The summed E-state index contributed by atoms with van der Waals surface area (Å²) in [5.41, 5.74) is 9.30. The molecule has 1 aromatic heterocycles. The molecule has 2 fully saturated rings. The molecule has 45 heavy (non-hydrogen) atoms. The number of nitrogens with zero attached hydrogens (tertiary/aromatic N) is 2. The molecule has 2 aliphatic rings. The minimum absolute atomic E-state index is 0.103. The number of primary amides is 1. The molecule has 4 amide bonds. The summed E-state index contributed by atoms with van der Waals surface area (Å²) >= 11 is 0. The Kier molecular flexibility index (Phi) is 10.6. The summed E-state index contributed by atoms with van der Waals surface area (Å²) in [5, 5.41) is 17.8. The lowest BCUT2D eigenvalue weighted by atomic mass is 9.82. The van der Waals surface area contributed by atoms with Crippen molar-refractivity contribution in [3.05, 3.63) is 42.1 Å². The fourth-order valence-electron chi connectivity index (χ4n) is 6.40. The molecule has 0 bridgehead atoms. The quantitative estimate of drug-likeness (QED) is 0.184. The topological polar surface area (TPSA) is 198 Å². The number of rotatable bonds is 11. The molecular formula is C33H46N6O6. The summed E-state index contributed by atoms with van der Waals surface area (Å²) in [5.74, 6) is -3.84. The van der Waals surface area contributed by atoms with Gasteiger partial charge < -0.3 is 32.1 Å². The molecule has 4 rings (SSSR count). The van der Waals surface area contributed by atoms with Gasteiger partial charge in [-0.1, -0.05) is 56.4 Å². The van der Waals surface area contributed by atoms with Crippen LogP contribution >= 0.6 is 0 Å². The predicted molar refractivity (Wildman–Crippen MR) is 169 cm³/mol. The van der Waals surface area contributed by atoms with Crippen molar-refractivity contribution in [3.63, 3.8) is 0 Å². The number of aromatic nitrogens is 1. The molecule has 1 aliphatic heterocycles. The molecule has 4 atom stereocenters. The molecule has 2 heterocycles. The van der Waals surface area contributed by atoms with Crippen molar-refractivity contribution in [3.8, 4) is 0 Å². The van der Waals surface area contributed by atoms with Crippen molar-refractivity contribution in [1.29, 1.82) is 0 Å². The highest BCUT2D eigenvalue weighted by molar-refractivity contribution is 6.19. The van der Waals surface area contributed by atoms with Crippen molar-refractivity contribution in [2.45, 2.75) is 108 Å². The van der Waals surface area contributed by atoms with Crippen LogP contribution in [0.5, 0.6) is 0 Å². The third-order valence-corrected chi connectivity index (χ3v) is 8.69. The molecule has 2 aromatic rings. The second kappa shape index (κ2) is 14.0. The van der Waals surface area contributed by atoms with E-state index in [1.807, 2.05) is 32.9 Å². The maximum Gasteiger partial charge on any atom is 0.254 e. The molecule has 244 valence electrons. The Morgan fingerprint density at radius 1 is 1.00 bits per heavy atom. The van der Waals surface area contributed by atoms with Crippen LogP contribution in [0.15, 0.2) is 36.4 Å². The van der Waals surface area contributed by atoms with Gasteiger partial charge in [0.25, 0.3) is 5.91 Å². The summed E-state index contributed by atoms with van der Waals surface area (Å²) < 4.78 is 0. The summed E-state index contributed by atoms with van der Waals surface area (Å²) in [6, 6.07) is 8.28. The van der Waals surface area contributed by atoms with Crippen LogP contribution in [0.3, 0.4) is 0 Å². The van der Waals surface area contributed by atoms with Crippen molar-refractivity contribution in [1.82, 2.24) is 20.5 Å². The zero-order chi connectivity index (χ0) is 32.9. The van der Waals surface area contributed by atoms with Gasteiger partial charge in [0.15, 0.2) is 11.6 Å². The lowest BCUT2D eigenvalue weighted by molar-refractivity contribution is -0.148. The Morgan fingerprint density at radius 2 is 1.69 bits per heavy atom. The second-order valence-corrected chi connectivity index (χ2v) is 13.5. The number of pyridine rings is 1. The van der Waals surface area contributed by atoms with Crippen molar-refractivity contribution in [2.75, 3.05) is 6.54 Å². The van der Waals surface area contributed by atoms with E-state index in [9.17, 15) is 29.1 Å². The van der Waals surface area contributed by atoms with Crippen molar-refractivity contribution in [2.24, 2.45) is 17.4 Å². The molecule has 12 heteroatoms. The average molecular weight is 623 g/mol. The fourth-order valence-corrected chi connectivity index (χ4v) is 6.40. The number of hydrogen-bond donors (Lipinski definition) is 5. The van der Waals surface area contributed by atoms with E-state index < -0.39 is 59.2 Å². The van der Waals surface area contributed by atoms with Gasteiger partial charge >= 0.3 is 0 Å². The molecular weight excluding hydrogens is 576 g/mol. The Labute approximate surface area is 263 Å². The first-order valence-corrected chi connectivity index (χ1v) is 15.8. The van der Waals surface area contributed by atoms with Gasteiger partial charge in [0.1, 0.15) is 11.7 Å². The third kappa shape index (κ3) is 8.23. The van der Waals surface area contributed by atoms with E-state index in [0.717, 1.165) is 37.5 Å². The van der Waals surface area contributed by atoms with E-state index in [1.165, 1.54) is 11.0 Å². The number of hydrogen-bond acceptors (Lipinski definition) is 8. The van der Waals surface area contributed by atoms with Crippen LogP contribution in [-0.2, 0) is 19.2 Å². The van der Waals surface area contributed by atoms with Gasteiger partial charge in [-0.25, -0.2) is 4.98 Å². The van der Waals surface area contributed by atoms with Gasteiger partial charge in [-0.3, -0.25) is 24.0 Å². The molecule has 1 aromatic carbocycles. The highest BCUT2D eigenvalue weighted by Crippen LogP contribution is 2.30. The van der Waals surface area contributed by atoms with Crippen LogP contribution < -0.4 is 22.1 Å². The van der Waals surface area contributed by atoms with Crippen molar-refractivity contribution >= 4 is 40.3 Å². The summed E-state index contributed by atoms with van der Waals surface area (Å²) in [4.78, 5) is 72.3. The van der Waals surface area contributed by atoms with E-state index in [2.05, 4.69) is 15.6 Å². The molecule has 0 radical (unpaired) electrons. The molecule has 1 unspecified atom stereocenters. The van der Waals surface area contributed by atoms with Gasteiger partial charge in [-0.15, -0.1) is 0 Å². The second-order valence-electron chi connectivity index (χ2n) is 13.5. The Bertz CT molecular complexity index is 1430. The Hall–Kier alpha value is -3.90. The average Bonchev–Trinajstić information content (AvgIpc) is 3.49. The smallest absolute Gasteiger partial charge is 0.254 e. The maximum atomic E-state index is 13.9. The van der Waals surface area contributed by atoms with E-state index in [4.69, 9.17) is 11.5 Å². The fraction of sp³-hybridized carbons (Fsp3) is 0.576. The van der Waals surface area contributed by atoms with E-state index in [-0.39, 0.29) is 30.5 Å². The van der Waals surface area contributed by atoms with Gasteiger partial charge in [0.2, 0.25) is 23.5 Å². The van der Waals surface area contributed by atoms with Crippen LogP contribution in [0, 0.1) is 5.92 Å². The lowest BCUT2D eigenvalue weighted by Crippen LogP contribution is -2.65. The monoisotopic (exact) mass is 622 g/mol. The largest absolute Gasteiger partial charge is 0.381 e. The number of nitrogens with two attached hydrogens (primary N) is 2. The van der Waals surface area contributed by atoms with Crippen LogP contribution in [0.25, 0.3) is 10.9 Å². The minimum atomic E-state index is -2.45. The standard InChI is InChI=1S/C33H46N6O6/c1-32(2,3)38-29(43)25-14-9-17-39(25)30(44)27(41)24(18-20-10-5-4-6-11-20)37-31(45)33(35,19-26(34)40)28(42)23-16-15-21-12-7-8-13-22(21)36-23/h7-8,12-13,15-16,20,24-25,27,41H,4-6,9-11,14,17-19,35H2,1-3H3,(H2,34,40)(H,37,45)(H,38,43)/t24-,25-,27?,33+/m0/s1. The number of amides is 4. The number of fused-ring (bicyclic) bond motifs is 1. The Balaban J connectivity index is 1.61. The number of Topliss-reactive ketones (excluding diaryl/α,β-unsaturated/α-hetero) is 1. The van der Waals surface area contributed by atoms with E-state index in [0.29, 0.717) is 18.4 Å². The number of likely N-dealkylation sites (tertiary alicyclic amines) is 1. The van der Waals surface area contributed by atoms with Crippen LogP contribution in [0.4, 0.5) is 0 Å². The zero-order valence-electron chi connectivity index (χ0n) is 26.4. The van der Waals surface area contributed by atoms with Crippen molar-refractivity contribution < 1.29 is 29.1 Å². The molecule has 12 nitrogen and oxygen atoms in total.